The standard InChI is InChI=1S/C16H25Cl2N3/c1-16(2,3)21-8-6-20(7-9-21)15(11-19)13-10-12(17)4-5-14(13)18/h4-5,10,15H,6-9,11,19H2,1-3H3. The van der Waals surface area contributed by atoms with Gasteiger partial charge in [0.25, 0.3) is 0 Å². The Labute approximate surface area is 138 Å². The predicted molar refractivity (Wildman–Crippen MR) is 91.2 cm³/mol. The van der Waals surface area contributed by atoms with E-state index in [0.717, 1.165) is 36.8 Å². The van der Waals surface area contributed by atoms with Crippen molar-refractivity contribution in [2.75, 3.05) is 32.7 Å². The Morgan fingerprint density at radius 1 is 1.14 bits per heavy atom. The number of halogens is 2. The van der Waals surface area contributed by atoms with Crippen molar-refractivity contribution < 1.29 is 0 Å². The highest BCUT2D eigenvalue weighted by molar-refractivity contribution is 6.33. The van der Waals surface area contributed by atoms with E-state index in [2.05, 4.69) is 30.6 Å². The van der Waals surface area contributed by atoms with Gasteiger partial charge < -0.3 is 5.73 Å². The molecule has 3 nitrogen and oxygen atoms in total. The average Bonchev–Trinajstić information content (AvgIpc) is 2.43. The van der Waals surface area contributed by atoms with Crippen LogP contribution < -0.4 is 5.73 Å². The van der Waals surface area contributed by atoms with E-state index < -0.39 is 0 Å². The van der Waals surface area contributed by atoms with Crippen molar-refractivity contribution in [3.8, 4) is 0 Å². The van der Waals surface area contributed by atoms with Gasteiger partial charge in [-0.3, -0.25) is 9.80 Å². The normalized spacial score (nSPS) is 19.7. The summed E-state index contributed by atoms with van der Waals surface area (Å²) in [5.41, 5.74) is 7.28. The third-order valence-electron chi connectivity index (χ3n) is 4.24. The van der Waals surface area contributed by atoms with E-state index in [1.54, 1.807) is 0 Å². The van der Waals surface area contributed by atoms with Gasteiger partial charge in [0.15, 0.2) is 0 Å². The minimum atomic E-state index is 0.137. The van der Waals surface area contributed by atoms with E-state index in [-0.39, 0.29) is 11.6 Å². The van der Waals surface area contributed by atoms with E-state index in [4.69, 9.17) is 28.9 Å². The predicted octanol–water partition coefficient (Wildman–Crippen LogP) is 3.41. The second-order valence-electron chi connectivity index (χ2n) is 6.61. The Hall–Kier alpha value is -0.320. The van der Waals surface area contributed by atoms with Crippen molar-refractivity contribution in [2.24, 2.45) is 5.73 Å². The molecule has 1 aliphatic rings. The molecule has 2 N–H and O–H groups in total. The van der Waals surface area contributed by atoms with Crippen LogP contribution in [-0.4, -0.2) is 48.1 Å². The Morgan fingerprint density at radius 3 is 2.29 bits per heavy atom. The SMILES string of the molecule is CC(C)(C)N1CCN(C(CN)c2cc(Cl)ccc2Cl)CC1. The van der Waals surface area contributed by atoms with E-state index in [1.807, 2.05) is 18.2 Å². The molecule has 1 fully saturated rings. The number of nitrogens with two attached hydrogens (primary N) is 1. The second-order valence-corrected chi connectivity index (χ2v) is 7.45. The third-order valence-corrected chi connectivity index (χ3v) is 4.82. The first-order chi connectivity index (χ1) is 9.82. The molecular formula is C16H25Cl2N3. The van der Waals surface area contributed by atoms with Gasteiger partial charge >= 0.3 is 0 Å². The molecule has 0 aromatic heterocycles. The molecule has 1 saturated heterocycles. The molecule has 5 heteroatoms. The van der Waals surface area contributed by atoms with Gasteiger partial charge in [-0.25, -0.2) is 0 Å². The molecule has 0 aliphatic carbocycles. The monoisotopic (exact) mass is 329 g/mol. The fourth-order valence-corrected chi connectivity index (χ4v) is 3.37. The van der Waals surface area contributed by atoms with E-state index in [1.165, 1.54) is 0 Å². The summed E-state index contributed by atoms with van der Waals surface area (Å²) in [5.74, 6) is 0. The zero-order valence-corrected chi connectivity index (χ0v) is 14.6. The van der Waals surface area contributed by atoms with E-state index >= 15 is 0 Å². The van der Waals surface area contributed by atoms with Crippen LogP contribution in [0.5, 0.6) is 0 Å². The maximum absolute atomic E-state index is 6.34. The molecule has 1 heterocycles. The molecule has 1 aliphatic heterocycles. The first-order valence-corrected chi connectivity index (χ1v) is 8.22. The van der Waals surface area contributed by atoms with Crippen molar-refractivity contribution in [1.82, 2.24) is 9.80 Å². The Bertz CT molecular complexity index is 477. The van der Waals surface area contributed by atoms with Crippen LogP contribution in [0.4, 0.5) is 0 Å². The molecule has 0 amide bonds. The number of rotatable bonds is 3. The highest BCUT2D eigenvalue weighted by Crippen LogP contribution is 2.30. The topological polar surface area (TPSA) is 32.5 Å². The smallest absolute Gasteiger partial charge is 0.0486 e. The van der Waals surface area contributed by atoms with Crippen LogP contribution in [0.1, 0.15) is 32.4 Å². The molecule has 2 rings (SSSR count). The molecule has 0 radical (unpaired) electrons. The number of nitrogens with zero attached hydrogens (tertiary/aromatic N) is 2. The summed E-state index contributed by atoms with van der Waals surface area (Å²) < 4.78 is 0. The van der Waals surface area contributed by atoms with Crippen LogP contribution in [0, 0.1) is 0 Å². The number of benzene rings is 1. The lowest BCUT2D eigenvalue weighted by atomic mass is 10.0. The van der Waals surface area contributed by atoms with Crippen molar-refractivity contribution in [2.45, 2.75) is 32.4 Å². The van der Waals surface area contributed by atoms with Crippen LogP contribution in [0.3, 0.4) is 0 Å². The van der Waals surface area contributed by atoms with Crippen LogP contribution >= 0.6 is 23.2 Å². The van der Waals surface area contributed by atoms with Gasteiger partial charge in [-0.1, -0.05) is 23.2 Å². The lowest BCUT2D eigenvalue weighted by Crippen LogP contribution is -2.54. The molecule has 0 bridgehead atoms. The molecule has 1 aromatic carbocycles. The quantitative estimate of drug-likeness (QED) is 0.922. The Balaban J connectivity index is 2.11. The van der Waals surface area contributed by atoms with Gasteiger partial charge in [-0.15, -0.1) is 0 Å². The molecular weight excluding hydrogens is 305 g/mol. The molecule has 118 valence electrons. The van der Waals surface area contributed by atoms with Crippen molar-refractivity contribution >= 4 is 23.2 Å². The van der Waals surface area contributed by atoms with Gasteiger partial charge in [-0.2, -0.15) is 0 Å². The van der Waals surface area contributed by atoms with Gasteiger partial charge in [0.1, 0.15) is 0 Å². The van der Waals surface area contributed by atoms with Crippen molar-refractivity contribution in [1.29, 1.82) is 0 Å². The number of hydrogen-bond donors (Lipinski definition) is 1. The largest absolute Gasteiger partial charge is 0.329 e. The number of piperazine rings is 1. The minimum absolute atomic E-state index is 0.137. The van der Waals surface area contributed by atoms with Crippen LogP contribution in [-0.2, 0) is 0 Å². The maximum atomic E-state index is 6.34. The van der Waals surface area contributed by atoms with E-state index in [0.29, 0.717) is 11.6 Å². The lowest BCUT2D eigenvalue weighted by molar-refractivity contribution is 0.0434. The summed E-state index contributed by atoms with van der Waals surface area (Å²) in [4.78, 5) is 4.93. The average molecular weight is 330 g/mol. The molecule has 1 atom stereocenters. The highest BCUT2D eigenvalue weighted by atomic mass is 35.5. The summed E-state index contributed by atoms with van der Waals surface area (Å²) in [5, 5.41) is 1.45. The Kier molecular flexibility index (Phi) is 5.55. The molecule has 1 aromatic rings. The lowest BCUT2D eigenvalue weighted by Gasteiger charge is -2.44. The van der Waals surface area contributed by atoms with E-state index in [9.17, 15) is 0 Å². The molecule has 0 saturated carbocycles. The first-order valence-electron chi connectivity index (χ1n) is 7.47. The fourth-order valence-electron chi connectivity index (χ4n) is 2.95. The van der Waals surface area contributed by atoms with Crippen LogP contribution in [0.15, 0.2) is 18.2 Å². The summed E-state index contributed by atoms with van der Waals surface area (Å²) in [7, 11) is 0. The van der Waals surface area contributed by atoms with Crippen LogP contribution in [0.2, 0.25) is 10.0 Å². The summed E-state index contributed by atoms with van der Waals surface area (Å²) in [6.07, 6.45) is 0. The molecule has 1 unspecified atom stereocenters. The van der Waals surface area contributed by atoms with Crippen molar-refractivity contribution in [3.05, 3.63) is 33.8 Å². The number of hydrogen-bond acceptors (Lipinski definition) is 3. The Morgan fingerprint density at radius 2 is 1.76 bits per heavy atom. The first kappa shape index (κ1) is 17.0. The summed E-state index contributed by atoms with van der Waals surface area (Å²) in [6.45, 7) is 11.4. The summed E-state index contributed by atoms with van der Waals surface area (Å²) in [6, 6.07) is 5.75. The fraction of sp³-hybridized carbons (Fsp3) is 0.625. The maximum Gasteiger partial charge on any atom is 0.0486 e. The third kappa shape index (κ3) is 4.11. The van der Waals surface area contributed by atoms with Gasteiger partial charge in [0.2, 0.25) is 0 Å². The zero-order valence-electron chi connectivity index (χ0n) is 13.1. The zero-order chi connectivity index (χ0) is 15.6. The summed E-state index contributed by atoms with van der Waals surface area (Å²) >= 11 is 12.5. The second kappa shape index (κ2) is 6.84. The minimum Gasteiger partial charge on any atom is -0.329 e. The van der Waals surface area contributed by atoms with Crippen molar-refractivity contribution in [3.63, 3.8) is 0 Å². The van der Waals surface area contributed by atoms with Gasteiger partial charge in [-0.05, 0) is 44.5 Å². The molecule has 21 heavy (non-hydrogen) atoms. The molecule has 0 spiro atoms. The van der Waals surface area contributed by atoms with Crippen LogP contribution in [0.25, 0.3) is 0 Å². The van der Waals surface area contributed by atoms with Gasteiger partial charge in [0, 0.05) is 54.3 Å². The van der Waals surface area contributed by atoms with Gasteiger partial charge in [0.05, 0.1) is 0 Å². The highest BCUT2D eigenvalue weighted by Gasteiger charge is 2.29.